The number of hydrogen-bond donors (Lipinski definition) is 1. The smallest absolute Gasteiger partial charge is 0.254 e. The van der Waals surface area contributed by atoms with Crippen LogP contribution in [0.2, 0.25) is 0 Å². The summed E-state index contributed by atoms with van der Waals surface area (Å²) in [7, 11) is 1.58. The summed E-state index contributed by atoms with van der Waals surface area (Å²) >= 11 is 0. The number of anilines is 2. The van der Waals surface area contributed by atoms with Gasteiger partial charge in [-0.2, -0.15) is 0 Å². The molecule has 0 saturated carbocycles. The van der Waals surface area contributed by atoms with Crippen LogP contribution in [0.15, 0.2) is 24.3 Å². The van der Waals surface area contributed by atoms with Crippen molar-refractivity contribution in [1.82, 2.24) is 4.90 Å². The highest BCUT2D eigenvalue weighted by Gasteiger charge is 2.26. The van der Waals surface area contributed by atoms with Crippen LogP contribution in [-0.2, 0) is 23.8 Å². The molecular formula is C18H25N3O5. The van der Waals surface area contributed by atoms with E-state index in [2.05, 4.69) is 10.2 Å². The molecule has 8 heteroatoms. The summed E-state index contributed by atoms with van der Waals surface area (Å²) in [5.41, 5.74) is 1.80. The largest absolute Gasteiger partial charge is 0.378 e. The number of benzene rings is 1. The van der Waals surface area contributed by atoms with Crippen LogP contribution in [-0.4, -0.2) is 82.5 Å². The van der Waals surface area contributed by atoms with E-state index in [0.717, 1.165) is 32.0 Å². The maximum atomic E-state index is 12.2. The Labute approximate surface area is 153 Å². The second-order valence-electron chi connectivity index (χ2n) is 6.32. The highest BCUT2D eigenvalue weighted by Crippen LogP contribution is 2.19. The Morgan fingerprint density at radius 1 is 1.12 bits per heavy atom. The van der Waals surface area contributed by atoms with Crippen LogP contribution in [0.25, 0.3) is 0 Å². The predicted octanol–water partition coefficient (Wildman–Crippen LogP) is 0.335. The number of nitrogens with one attached hydrogen (secondary N) is 1. The monoisotopic (exact) mass is 363 g/mol. The zero-order valence-corrected chi connectivity index (χ0v) is 15.0. The molecule has 2 saturated heterocycles. The third-order valence-electron chi connectivity index (χ3n) is 4.38. The minimum Gasteiger partial charge on any atom is -0.378 e. The van der Waals surface area contributed by atoms with E-state index in [0.29, 0.717) is 18.9 Å². The number of carbonyl (C=O) groups is 2. The van der Waals surface area contributed by atoms with Gasteiger partial charge in [0.25, 0.3) is 5.91 Å². The molecule has 142 valence electrons. The lowest BCUT2D eigenvalue weighted by molar-refractivity contribution is -0.157. The lowest BCUT2D eigenvalue weighted by atomic mass is 10.2. The van der Waals surface area contributed by atoms with Gasteiger partial charge in [0.1, 0.15) is 0 Å². The number of likely N-dealkylation sites (N-methyl/N-ethyl adjacent to an activating group) is 1. The molecule has 0 radical (unpaired) electrons. The van der Waals surface area contributed by atoms with E-state index in [4.69, 9.17) is 14.2 Å². The zero-order chi connectivity index (χ0) is 18.4. The molecule has 2 aliphatic rings. The Hall–Kier alpha value is -2.16. The average molecular weight is 363 g/mol. The number of amides is 2. The van der Waals surface area contributed by atoms with Gasteiger partial charge in [-0.05, 0) is 24.3 Å². The van der Waals surface area contributed by atoms with Crippen LogP contribution in [0.1, 0.15) is 0 Å². The molecule has 1 aromatic carbocycles. The van der Waals surface area contributed by atoms with Gasteiger partial charge in [0.05, 0.1) is 39.6 Å². The molecule has 1 atom stereocenters. The lowest BCUT2D eigenvalue weighted by Crippen LogP contribution is -2.46. The highest BCUT2D eigenvalue weighted by atomic mass is 16.6. The van der Waals surface area contributed by atoms with Crippen LogP contribution in [0, 0.1) is 0 Å². The van der Waals surface area contributed by atoms with Gasteiger partial charge in [-0.3, -0.25) is 9.59 Å². The van der Waals surface area contributed by atoms with Crippen molar-refractivity contribution >= 4 is 23.2 Å². The summed E-state index contributed by atoms with van der Waals surface area (Å²) in [6.07, 6.45) is -0.630. The number of rotatable bonds is 5. The molecule has 0 spiro atoms. The van der Waals surface area contributed by atoms with Crippen LogP contribution < -0.4 is 10.2 Å². The first-order valence-corrected chi connectivity index (χ1v) is 8.80. The minimum absolute atomic E-state index is 0.0378. The molecule has 1 unspecified atom stereocenters. The first kappa shape index (κ1) is 18.6. The minimum atomic E-state index is -0.630. The van der Waals surface area contributed by atoms with Gasteiger partial charge in [0.2, 0.25) is 5.91 Å². The van der Waals surface area contributed by atoms with Crippen molar-refractivity contribution in [2.45, 2.75) is 6.10 Å². The maximum Gasteiger partial charge on any atom is 0.254 e. The van der Waals surface area contributed by atoms with Crippen LogP contribution in [0.5, 0.6) is 0 Å². The van der Waals surface area contributed by atoms with Crippen LogP contribution in [0.3, 0.4) is 0 Å². The van der Waals surface area contributed by atoms with Gasteiger partial charge in [0, 0.05) is 31.5 Å². The fourth-order valence-electron chi connectivity index (χ4n) is 2.95. The molecule has 0 aromatic heterocycles. The van der Waals surface area contributed by atoms with Crippen molar-refractivity contribution in [1.29, 1.82) is 0 Å². The van der Waals surface area contributed by atoms with Crippen LogP contribution >= 0.6 is 0 Å². The first-order valence-electron chi connectivity index (χ1n) is 8.80. The van der Waals surface area contributed by atoms with E-state index in [1.165, 1.54) is 4.90 Å². The lowest BCUT2D eigenvalue weighted by Gasteiger charge is -2.29. The Bertz CT molecular complexity index is 610. The van der Waals surface area contributed by atoms with Crippen molar-refractivity contribution < 1.29 is 23.8 Å². The molecular weight excluding hydrogens is 338 g/mol. The third-order valence-corrected chi connectivity index (χ3v) is 4.38. The van der Waals surface area contributed by atoms with Gasteiger partial charge in [-0.25, -0.2) is 0 Å². The second kappa shape index (κ2) is 8.98. The second-order valence-corrected chi connectivity index (χ2v) is 6.32. The number of nitrogens with zero attached hydrogens (tertiary/aromatic N) is 2. The van der Waals surface area contributed by atoms with Crippen molar-refractivity contribution in [3.63, 3.8) is 0 Å². The predicted molar refractivity (Wildman–Crippen MR) is 96.3 cm³/mol. The molecule has 8 nitrogen and oxygen atoms in total. The van der Waals surface area contributed by atoms with E-state index in [-0.39, 0.29) is 25.0 Å². The average Bonchev–Trinajstić information content (AvgIpc) is 2.69. The van der Waals surface area contributed by atoms with Gasteiger partial charge < -0.3 is 29.3 Å². The Morgan fingerprint density at radius 2 is 1.85 bits per heavy atom. The molecule has 0 aliphatic carbocycles. The summed E-state index contributed by atoms with van der Waals surface area (Å²) < 4.78 is 16.0. The molecule has 3 rings (SSSR count). The van der Waals surface area contributed by atoms with Gasteiger partial charge in [0.15, 0.2) is 6.10 Å². The number of morpholine rings is 1. The van der Waals surface area contributed by atoms with Crippen molar-refractivity contribution in [3.8, 4) is 0 Å². The summed E-state index contributed by atoms with van der Waals surface area (Å²) in [5.74, 6) is -0.501. The fraction of sp³-hybridized carbons (Fsp3) is 0.556. The van der Waals surface area contributed by atoms with Gasteiger partial charge in [-0.1, -0.05) is 0 Å². The van der Waals surface area contributed by atoms with E-state index >= 15 is 0 Å². The van der Waals surface area contributed by atoms with Crippen molar-refractivity contribution in [3.05, 3.63) is 24.3 Å². The summed E-state index contributed by atoms with van der Waals surface area (Å²) in [5, 5.41) is 2.81. The molecule has 2 heterocycles. The maximum absolute atomic E-state index is 12.2. The molecule has 1 N–H and O–H groups in total. The summed E-state index contributed by atoms with van der Waals surface area (Å²) in [6, 6.07) is 7.68. The Balaban J connectivity index is 1.48. The zero-order valence-electron chi connectivity index (χ0n) is 15.0. The van der Waals surface area contributed by atoms with Crippen molar-refractivity contribution in [2.75, 3.05) is 69.9 Å². The highest BCUT2D eigenvalue weighted by molar-refractivity contribution is 5.95. The molecule has 2 amide bonds. The Kier molecular flexibility index (Phi) is 6.43. The van der Waals surface area contributed by atoms with E-state index in [9.17, 15) is 9.59 Å². The third kappa shape index (κ3) is 4.94. The van der Waals surface area contributed by atoms with Gasteiger partial charge >= 0.3 is 0 Å². The normalized spacial score (nSPS) is 20.5. The number of hydrogen-bond acceptors (Lipinski definition) is 6. The Morgan fingerprint density at radius 3 is 2.50 bits per heavy atom. The molecule has 0 bridgehead atoms. The number of carbonyl (C=O) groups excluding carboxylic acids is 2. The first-order chi connectivity index (χ1) is 12.6. The quantitative estimate of drug-likeness (QED) is 0.812. The van der Waals surface area contributed by atoms with Gasteiger partial charge in [-0.15, -0.1) is 0 Å². The molecule has 2 fully saturated rings. The van der Waals surface area contributed by atoms with E-state index in [1.807, 2.05) is 24.3 Å². The standard InChI is InChI=1S/C18H25N3O5/c1-20(18(23)16-13-25-10-11-26-16)12-17(22)19-14-2-4-15(5-3-14)21-6-8-24-9-7-21/h2-5,16H,6-13H2,1H3,(H,19,22). The van der Waals surface area contributed by atoms with E-state index < -0.39 is 6.10 Å². The van der Waals surface area contributed by atoms with Crippen molar-refractivity contribution in [2.24, 2.45) is 0 Å². The molecule has 26 heavy (non-hydrogen) atoms. The van der Waals surface area contributed by atoms with E-state index in [1.54, 1.807) is 7.05 Å². The SMILES string of the molecule is CN(CC(=O)Nc1ccc(N2CCOCC2)cc1)C(=O)C1COCCO1. The number of ether oxygens (including phenoxy) is 3. The molecule has 1 aromatic rings. The van der Waals surface area contributed by atoms with Crippen LogP contribution in [0.4, 0.5) is 11.4 Å². The topological polar surface area (TPSA) is 80.3 Å². The molecule has 2 aliphatic heterocycles. The fourth-order valence-corrected chi connectivity index (χ4v) is 2.95. The summed E-state index contributed by atoms with van der Waals surface area (Å²) in [4.78, 5) is 28.0. The summed E-state index contributed by atoms with van der Waals surface area (Å²) in [6.45, 7) is 4.28.